The van der Waals surface area contributed by atoms with Crippen LogP contribution in [-0.2, 0) is 13.5 Å². The lowest BCUT2D eigenvalue weighted by Gasteiger charge is -2.08. The van der Waals surface area contributed by atoms with Crippen LogP contribution < -0.4 is 10.1 Å². The normalized spacial score (nSPS) is 10.5. The highest BCUT2D eigenvalue weighted by Crippen LogP contribution is 2.13. The van der Waals surface area contributed by atoms with Gasteiger partial charge in [0.2, 0.25) is 0 Å². The number of aromatic nitrogens is 1. The number of benzene rings is 1. The molecule has 4 heteroatoms. The molecule has 0 aliphatic rings. The van der Waals surface area contributed by atoms with Crippen molar-refractivity contribution in [2.75, 3.05) is 13.2 Å². The molecule has 1 heterocycles. The molecule has 0 unspecified atom stereocenters. The number of nitrogens with one attached hydrogen (secondary N) is 1. The van der Waals surface area contributed by atoms with Gasteiger partial charge in [0.05, 0.1) is 12.1 Å². The van der Waals surface area contributed by atoms with Crippen molar-refractivity contribution in [3.8, 4) is 5.75 Å². The third kappa shape index (κ3) is 4.13. The molecule has 22 heavy (non-hydrogen) atoms. The number of ether oxygens (including phenoxy) is 1. The Morgan fingerprint density at radius 3 is 2.55 bits per heavy atom. The highest BCUT2D eigenvalue weighted by molar-refractivity contribution is 5.95. The summed E-state index contributed by atoms with van der Waals surface area (Å²) in [6.45, 7) is 5.05. The summed E-state index contributed by atoms with van der Waals surface area (Å²) in [7, 11) is 1.93. The van der Waals surface area contributed by atoms with E-state index in [9.17, 15) is 4.79 Å². The summed E-state index contributed by atoms with van der Waals surface area (Å²) in [4.78, 5) is 12.0. The number of carbonyl (C=O) groups excluding carboxylic acids is 1. The van der Waals surface area contributed by atoms with Gasteiger partial charge in [-0.05, 0) is 37.1 Å². The Morgan fingerprint density at radius 2 is 1.95 bits per heavy atom. The van der Waals surface area contributed by atoms with Gasteiger partial charge in [-0.1, -0.05) is 25.5 Å². The maximum atomic E-state index is 12.0. The van der Waals surface area contributed by atoms with E-state index in [1.165, 1.54) is 5.56 Å². The van der Waals surface area contributed by atoms with Gasteiger partial charge < -0.3 is 14.6 Å². The van der Waals surface area contributed by atoms with Gasteiger partial charge in [-0.25, -0.2) is 0 Å². The van der Waals surface area contributed by atoms with Gasteiger partial charge in [-0.3, -0.25) is 4.79 Å². The molecule has 1 N–H and O–H groups in total. The number of rotatable bonds is 7. The highest BCUT2D eigenvalue weighted by Gasteiger charge is 2.10. The third-order valence-electron chi connectivity index (χ3n) is 3.75. The van der Waals surface area contributed by atoms with Crippen LogP contribution in [0.4, 0.5) is 0 Å². The highest BCUT2D eigenvalue weighted by atomic mass is 16.5. The maximum Gasteiger partial charge on any atom is 0.253 e. The van der Waals surface area contributed by atoms with Crippen LogP contribution in [0.1, 0.15) is 35.0 Å². The zero-order valence-electron chi connectivity index (χ0n) is 13.6. The van der Waals surface area contributed by atoms with Crippen molar-refractivity contribution in [1.29, 1.82) is 0 Å². The summed E-state index contributed by atoms with van der Waals surface area (Å²) in [5.41, 5.74) is 3.00. The quantitative estimate of drug-likeness (QED) is 0.799. The number of hydrogen-bond donors (Lipinski definition) is 1. The molecule has 0 bridgehead atoms. The van der Waals surface area contributed by atoms with Gasteiger partial charge in [0, 0.05) is 18.9 Å². The molecule has 0 aliphatic carbocycles. The Balaban J connectivity index is 1.75. The molecule has 0 spiro atoms. The second kappa shape index (κ2) is 7.69. The second-order valence-electron chi connectivity index (χ2n) is 5.42. The Bertz CT molecular complexity index is 615. The lowest BCUT2D eigenvalue weighted by molar-refractivity contribution is 0.0946. The fourth-order valence-corrected chi connectivity index (χ4v) is 2.32. The molecule has 4 nitrogen and oxygen atoms in total. The van der Waals surface area contributed by atoms with Crippen molar-refractivity contribution < 1.29 is 9.53 Å². The standard InChI is InChI=1S/C18H24N2O2/c1-4-5-15-6-8-16(9-7-15)22-13-11-19-18(21)17-10-12-20(3)14(17)2/h6-10,12H,4-5,11,13H2,1-3H3,(H,19,21). The molecule has 2 aromatic rings. The molecule has 1 aromatic carbocycles. The van der Waals surface area contributed by atoms with Crippen LogP contribution in [0.2, 0.25) is 0 Å². The number of hydrogen-bond acceptors (Lipinski definition) is 2. The van der Waals surface area contributed by atoms with Crippen molar-refractivity contribution in [3.63, 3.8) is 0 Å². The molecular formula is C18H24N2O2. The summed E-state index contributed by atoms with van der Waals surface area (Å²) < 4.78 is 7.57. The third-order valence-corrected chi connectivity index (χ3v) is 3.75. The van der Waals surface area contributed by atoms with Crippen molar-refractivity contribution in [2.24, 2.45) is 7.05 Å². The fraction of sp³-hybridized carbons (Fsp3) is 0.389. The van der Waals surface area contributed by atoms with Crippen molar-refractivity contribution in [2.45, 2.75) is 26.7 Å². The monoisotopic (exact) mass is 300 g/mol. The fourth-order valence-electron chi connectivity index (χ4n) is 2.32. The molecule has 0 fully saturated rings. The minimum Gasteiger partial charge on any atom is -0.492 e. The van der Waals surface area contributed by atoms with Crippen LogP contribution in [0.15, 0.2) is 36.5 Å². The van der Waals surface area contributed by atoms with E-state index in [-0.39, 0.29) is 5.91 Å². The van der Waals surface area contributed by atoms with Crippen molar-refractivity contribution >= 4 is 5.91 Å². The molecule has 1 amide bonds. The van der Waals surface area contributed by atoms with Crippen LogP contribution >= 0.6 is 0 Å². The van der Waals surface area contributed by atoms with Crippen LogP contribution in [0.3, 0.4) is 0 Å². The van der Waals surface area contributed by atoms with E-state index in [1.807, 2.05) is 42.9 Å². The zero-order chi connectivity index (χ0) is 15.9. The summed E-state index contributed by atoms with van der Waals surface area (Å²) in [5, 5.41) is 2.88. The molecule has 0 aliphatic heterocycles. The van der Waals surface area contributed by atoms with E-state index in [4.69, 9.17) is 4.74 Å². The summed E-state index contributed by atoms with van der Waals surface area (Å²) in [6, 6.07) is 9.97. The van der Waals surface area contributed by atoms with E-state index in [2.05, 4.69) is 24.4 Å². The smallest absolute Gasteiger partial charge is 0.253 e. The average Bonchev–Trinajstić information content (AvgIpc) is 2.85. The molecule has 0 saturated carbocycles. The first-order valence-electron chi connectivity index (χ1n) is 7.73. The minimum absolute atomic E-state index is 0.0556. The van der Waals surface area contributed by atoms with Crippen LogP contribution in [0, 0.1) is 6.92 Å². The van der Waals surface area contributed by atoms with Crippen LogP contribution in [0.25, 0.3) is 0 Å². The molecule has 118 valence electrons. The minimum atomic E-state index is -0.0556. The predicted octanol–water partition coefficient (Wildman–Crippen LogP) is 3.09. The van der Waals surface area contributed by atoms with E-state index in [1.54, 1.807) is 0 Å². The average molecular weight is 300 g/mol. The number of nitrogens with zero attached hydrogens (tertiary/aromatic N) is 1. The Morgan fingerprint density at radius 1 is 1.23 bits per heavy atom. The van der Waals surface area contributed by atoms with Gasteiger partial charge in [-0.2, -0.15) is 0 Å². The second-order valence-corrected chi connectivity index (χ2v) is 5.42. The van der Waals surface area contributed by atoms with Gasteiger partial charge >= 0.3 is 0 Å². The topological polar surface area (TPSA) is 43.3 Å². The Kier molecular flexibility index (Phi) is 5.64. The molecule has 0 atom stereocenters. The van der Waals surface area contributed by atoms with E-state index in [0.29, 0.717) is 18.7 Å². The van der Waals surface area contributed by atoms with Crippen molar-refractivity contribution in [3.05, 3.63) is 53.3 Å². The van der Waals surface area contributed by atoms with Crippen LogP contribution in [0.5, 0.6) is 5.75 Å². The Hall–Kier alpha value is -2.23. The first kappa shape index (κ1) is 16.1. The molecule has 0 radical (unpaired) electrons. The summed E-state index contributed by atoms with van der Waals surface area (Å²) in [5.74, 6) is 0.782. The number of carbonyl (C=O) groups is 1. The first-order valence-corrected chi connectivity index (χ1v) is 7.73. The SMILES string of the molecule is CCCc1ccc(OCCNC(=O)c2ccn(C)c2C)cc1. The maximum absolute atomic E-state index is 12.0. The number of amides is 1. The van der Waals surface area contributed by atoms with Crippen molar-refractivity contribution in [1.82, 2.24) is 9.88 Å². The first-order chi connectivity index (χ1) is 10.6. The lowest BCUT2D eigenvalue weighted by atomic mass is 10.1. The summed E-state index contributed by atoms with van der Waals surface area (Å²) in [6.07, 6.45) is 4.12. The van der Waals surface area contributed by atoms with E-state index < -0.39 is 0 Å². The van der Waals surface area contributed by atoms with Gasteiger partial charge in [-0.15, -0.1) is 0 Å². The predicted molar refractivity (Wildman–Crippen MR) is 88.4 cm³/mol. The molecule has 0 saturated heterocycles. The van der Waals surface area contributed by atoms with E-state index >= 15 is 0 Å². The molecule has 1 aromatic heterocycles. The lowest BCUT2D eigenvalue weighted by Crippen LogP contribution is -2.28. The largest absolute Gasteiger partial charge is 0.492 e. The molecule has 2 rings (SSSR count). The zero-order valence-corrected chi connectivity index (χ0v) is 13.6. The number of aryl methyl sites for hydroxylation is 2. The van der Waals surface area contributed by atoms with E-state index in [0.717, 1.165) is 24.3 Å². The van der Waals surface area contributed by atoms with Gasteiger partial charge in [0.25, 0.3) is 5.91 Å². The van der Waals surface area contributed by atoms with Gasteiger partial charge in [0.15, 0.2) is 0 Å². The van der Waals surface area contributed by atoms with Crippen LogP contribution in [-0.4, -0.2) is 23.6 Å². The Labute approximate surface area is 132 Å². The van der Waals surface area contributed by atoms with Gasteiger partial charge in [0.1, 0.15) is 12.4 Å². The summed E-state index contributed by atoms with van der Waals surface area (Å²) >= 11 is 0. The molecular weight excluding hydrogens is 276 g/mol.